The molecule has 0 radical (unpaired) electrons. The van der Waals surface area contributed by atoms with Gasteiger partial charge in [0, 0.05) is 23.4 Å². The SMILES string of the molecule is CCC(CCO)CNCc1cc(C#N)cs1. The number of hydrogen-bond donors (Lipinski definition) is 2. The third kappa shape index (κ3) is 4.31. The van der Waals surface area contributed by atoms with Gasteiger partial charge in [-0.1, -0.05) is 13.3 Å². The Kier molecular flexibility index (Phi) is 6.09. The normalized spacial score (nSPS) is 12.3. The molecule has 3 nitrogen and oxygen atoms in total. The van der Waals surface area contributed by atoms with E-state index in [-0.39, 0.29) is 6.61 Å². The van der Waals surface area contributed by atoms with Crippen molar-refractivity contribution >= 4 is 11.3 Å². The molecule has 1 aromatic heterocycles. The van der Waals surface area contributed by atoms with E-state index in [1.165, 1.54) is 4.88 Å². The predicted octanol–water partition coefficient (Wildman–Crippen LogP) is 2.12. The molecule has 0 aliphatic rings. The maximum Gasteiger partial charge on any atom is 0.100 e. The van der Waals surface area contributed by atoms with Gasteiger partial charge in [-0.15, -0.1) is 11.3 Å². The number of thiophene rings is 1. The summed E-state index contributed by atoms with van der Waals surface area (Å²) in [6.07, 6.45) is 1.94. The second kappa shape index (κ2) is 7.39. The molecule has 1 atom stereocenters. The number of nitrogens with one attached hydrogen (secondary N) is 1. The van der Waals surface area contributed by atoms with Crippen LogP contribution in [0.3, 0.4) is 0 Å². The van der Waals surface area contributed by atoms with Crippen LogP contribution < -0.4 is 5.32 Å². The molecule has 0 saturated heterocycles. The van der Waals surface area contributed by atoms with Crippen LogP contribution in [0.4, 0.5) is 0 Å². The van der Waals surface area contributed by atoms with Crippen LogP contribution >= 0.6 is 11.3 Å². The molecule has 1 aromatic rings. The highest BCUT2D eigenvalue weighted by Crippen LogP contribution is 2.13. The van der Waals surface area contributed by atoms with Crippen LogP contribution in [-0.2, 0) is 6.54 Å². The molecule has 1 rings (SSSR count). The highest BCUT2D eigenvalue weighted by Gasteiger charge is 2.05. The lowest BCUT2D eigenvalue weighted by atomic mass is 10.0. The molecule has 0 bridgehead atoms. The Morgan fingerprint density at radius 2 is 2.44 bits per heavy atom. The van der Waals surface area contributed by atoms with E-state index in [0.717, 1.165) is 31.5 Å². The van der Waals surface area contributed by atoms with Crippen molar-refractivity contribution in [3.05, 3.63) is 21.9 Å². The minimum Gasteiger partial charge on any atom is -0.396 e. The molecular formula is C12H18N2OS. The molecule has 16 heavy (non-hydrogen) atoms. The summed E-state index contributed by atoms with van der Waals surface area (Å²) in [5.74, 6) is 0.542. The van der Waals surface area contributed by atoms with Crippen molar-refractivity contribution in [1.29, 1.82) is 5.26 Å². The highest BCUT2D eigenvalue weighted by atomic mass is 32.1. The Morgan fingerprint density at radius 3 is 3.00 bits per heavy atom. The largest absolute Gasteiger partial charge is 0.396 e. The number of aliphatic hydroxyl groups excluding tert-OH is 1. The molecule has 0 fully saturated rings. The maximum atomic E-state index is 8.86. The zero-order valence-corrected chi connectivity index (χ0v) is 10.4. The second-order valence-corrected chi connectivity index (χ2v) is 4.83. The molecule has 88 valence electrons. The number of rotatable bonds is 7. The quantitative estimate of drug-likeness (QED) is 0.765. The summed E-state index contributed by atoms with van der Waals surface area (Å²) in [6.45, 7) is 4.14. The van der Waals surface area contributed by atoms with Crippen LogP contribution in [-0.4, -0.2) is 18.3 Å². The van der Waals surface area contributed by atoms with Crippen molar-refractivity contribution in [1.82, 2.24) is 5.32 Å². The van der Waals surface area contributed by atoms with E-state index >= 15 is 0 Å². The second-order valence-electron chi connectivity index (χ2n) is 3.83. The monoisotopic (exact) mass is 238 g/mol. The fourth-order valence-electron chi connectivity index (χ4n) is 1.56. The third-order valence-electron chi connectivity index (χ3n) is 2.63. The zero-order valence-electron chi connectivity index (χ0n) is 9.57. The van der Waals surface area contributed by atoms with Crippen molar-refractivity contribution < 1.29 is 5.11 Å². The van der Waals surface area contributed by atoms with Gasteiger partial charge in [0.2, 0.25) is 0 Å². The van der Waals surface area contributed by atoms with Crippen molar-refractivity contribution in [2.24, 2.45) is 5.92 Å². The van der Waals surface area contributed by atoms with Crippen molar-refractivity contribution in [3.8, 4) is 6.07 Å². The molecule has 0 amide bonds. The minimum atomic E-state index is 0.262. The van der Waals surface area contributed by atoms with Gasteiger partial charge >= 0.3 is 0 Å². The highest BCUT2D eigenvalue weighted by molar-refractivity contribution is 7.10. The summed E-state index contributed by atoms with van der Waals surface area (Å²) >= 11 is 1.61. The summed E-state index contributed by atoms with van der Waals surface area (Å²) < 4.78 is 0. The van der Waals surface area contributed by atoms with Gasteiger partial charge in [0.05, 0.1) is 5.56 Å². The van der Waals surface area contributed by atoms with Gasteiger partial charge in [-0.2, -0.15) is 5.26 Å². The van der Waals surface area contributed by atoms with Crippen LogP contribution in [0.1, 0.15) is 30.2 Å². The first-order chi connectivity index (χ1) is 7.80. The number of aliphatic hydroxyl groups is 1. The fraction of sp³-hybridized carbons (Fsp3) is 0.583. The minimum absolute atomic E-state index is 0.262. The van der Waals surface area contributed by atoms with Crippen molar-refractivity contribution in [3.63, 3.8) is 0 Å². The first kappa shape index (κ1) is 13.2. The predicted molar refractivity (Wildman–Crippen MR) is 66.2 cm³/mol. The first-order valence-corrected chi connectivity index (χ1v) is 6.47. The van der Waals surface area contributed by atoms with E-state index in [2.05, 4.69) is 18.3 Å². The van der Waals surface area contributed by atoms with Crippen LogP contribution in [0.15, 0.2) is 11.4 Å². The van der Waals surface area contributed by atoms with Crippen LogP contribution in [0, 0.1) is 17.2 Å². The third-order valence-corrected chi connectivity index (χ3v) is 3.57. The van der Waals surface area contributed by atoms with Gasteiger partial charge in [-0.3, -0.25) is 0 Å². The van der Waals surface area contributed by atoms with Gasteiger partial charge < -0.3 is 10.4 Å². The van der Waals surface area contributed by atoms with E-state index in [0.29, 0.717) is 5.92 Å². The average molecular weight is 238 g/mol. The van der Waals surface area contributed by atoms with E-state index < -0.39 is 0 Å². The topological polar surface area (TPSA) is 56.0 Å². The smallest absolute Gasteiger partial charge is 0.100 e. The van der Waals surface area contributed by atoms with E-state index in [4.69, 9.17) is 10.4 Å². The number of nitrogens with zero attached hydrogens (tertiary/aromatic N) is 1. The Balaban J connectivity index is 2.27. The fourth-order valence-corrected chi connectivity index (χ4v) is 2.34. The maximum absolute atomic E-state index is 8.86. The van der Waals surface area contributed by atoms with Gasteiger partial charge in [-0.25, -0.2) is 0 Å². The summed E-state index contributed by atoms with van der Waals surface area (Å²) in [4.78, 5) is 1.19. The summed E-state index contributed by atoms with van der Waals surface area (Å²) in [5.41, 5.74) is 0.740. The van der Waals surface area contributed by atoms with Crippen LogP contribution in [0.5, 0.6) is 0 Å². The van der Waals surface area contributed by atoms with Gasteiger partial charge in [0.25, 0.3) is 0 Å². The lowest BCUT2D eigenvalue weighted by molar-refractivity contribution is 0.251. The van der Waals surface area contributed by atoms with E-state index in [9.17, 15) is 0 Å². The Morgan fingerprint density at radius 1 is 1.62 bits per heavy atom. The first-order valence-electron chi connectivity index (χ1n) is 5.59. The molecular weight excluding hydrogens is 220 g/mol. The molecule has 1 heterocycles. The lowest BCUT2D eigenvalue weighted by Gasteiger charge is -2.13. The summed E-state index contributed by atoms with van der Waals surface area (Å²) in [5, 5.41) is 22.8. The van der Waals surface area contributed by atoms with Crippen LogP contribution in [0.2, 0.25) is 0 Å². The standard InChI is InChI=1S/C12H18N2OS/c1-2-10(3-4-15)7-14-8-12-5-11(6-13)9-16-12/h5,9-10,14-15H,2-4,7-8H2,1H3. The Labute approximate surface area is 101 Å². The van der Waals surface area contributed by atoms with Gasteiger partial charge in [0.1, 0.15) is 6.07 Å². The van der Waals surface area contributed by atoms with Crippen molar-refractivity contribution in [2.75, 3.05) is 13.2 Å². The van der Waals surface area contributed by atoms with Gasteiger partial charge in [0.15, 0.2) is 0 Å². The number of hydrogen-bond acceptors (Lipinski definition) is 4. The molecule has 4 heteroatoms. The lowest BCUT2D eigenvalue weighted by Crippen LogP contribution is -2.22. The van der Waals surface area contributed by atoms with Crippen LogP contribution in [0.25, 0.3) is 0 Å². The molecule has 0 aliphatic carbocycles. The summed E-state index contributed by atoms with van der Waals surface area (Å²) in [6, 6.07) is 4.05. The van der Waals surface area contributed by atoms with E-state index in [1.807, 2.05) is 11.4 Å². The Bertz CT molecular complexity index is 343. The zero-order chi connectivity index (χ0) is 11.8. The molecule has 1 unspecified atom stereocenters. The molecule has 2 N–H and O–H groups in total. The van der Waals surface area contributed by atoms with Crippen molar-refractivity contribution in [2.45, 2.75) is 26.3 Å². The molecule has 0 aliphatic heterocycles. The molecule has 0 aromatic carbocycles. The number of nitriles is 1. The Hall–Kier alpha value is -0.890. The van der Waals surface area contributed by atoms with E-state index in [1.54, 1.807) is 11.3 Å². The average Bonchev–Trinajstić information content (AvgIpc) is 2.76. The molecule has 0 saturated carbocycles. The summed E-state index contributed by atoms with van der Waals surface area (Å²) in [7, 11) is 0. The van der Waals surface area contributed by atoms with Gasteiger partial charge in [-0.05, 0) is 24.9 Å². The molecule has 0 spiro atoms.